The summed E-state index contributed by atoms with van der Waals surface area (Å²) in [4.78, 5) is 19.3. The molecule has 3 aromatic carbocycles. The zero-order valence-corrected chi connectivity index (χ0v) is 32.6. The summed E-state index contributed by atoms with van der Waals surface area (Å²) >= 11 is 13.7. The molecule has 276 valence electrons. The number of halogens is 3. The minimum Gasteiger partial charge on any atom is -0.497 e. The number of ether oxygens (including phenoxy) is 4. The largest absolute Gasteiger partial charge is 0.497 e. The molecule has 1 aromatic heterocycles. The van der Waals surface area contributed by atoms with Crippen molar-refractivity contribution < 1.29 is 36.6 Å². The van der Waals surface area contributed by atoms with Crippen LogP contribution in [0.1, 0.15) is 26.3 Å². The van der Waals surface area contributed by atoms with Crippen LogP contribution < -0.4 is 28.7 Å². The molecule has 1 heterocycles. The molecule has 17 heteroatoms. The molecule has 0 atom stereocenters. The number of hydrogen-bond acceptors (Lipinski definition) is 11. The number of amides is 1. The van der Waals surface area contributed by atoms with Crippen molar-refractivity contribution in [2.24, 2.45) is 0 Å². The van der Waals surface area contributed by atoms with E-state index in [1.54, 1.807) is 64.2 Å². The van der Waals surface area contributed by atoms with E-state index in [-0.39, 0.29) is 26.7 Å². The molecule has 4 rings (SSSR count). The van der Waals surface area contributed by atoms with Crippen molar-refractivity contribution in [2.75, 3.05) is 63.0 Å². The fraction of sp³-hybridized carbons (Fsp3) is 0.353. The van der Waals surface area contributed by atoms with Gasteiger partial charge in [-0.15, -0.1) is 0 Å². The van der Waals surface area contributed by atoms with E-state index in [9.17, 15) is 13.2 Å². The van der Waals surface area contributed by atoms with Crippen LogP contribution in [0.3, 0.4) is 0 Å². The van der Waals surface area contributed by atoms with Gasteiger partial charge in [-0.3, -0.25) is 0 Å². The molecular formula is C34H40Cl2FN5O7S2. The van der Waals surface area contributed by atoms with Crippen LogP contribution in [0.2, 0.25) is 9.36 Å². The van der Waals surface area contributed by atoms with E-state index in [1.807, 2.05) is 11.9 Å². The highest BCUT2D eigenvalue weighted by atomic mass is 35.5. The Morgan fingerprint density at radius 2 is 1.61 bits per heavy atom. The van der Waals surface area contributed by atoms with Crippen molar-refractivity contribution in [1.29, 1.82) is 0 Å². The molecule has 0 aliphatic rings. The highest BCUT2D eigenvalue weighted by Crippen LogP contribution is 2.39. The van der Waals surface area contributed by atoms with Crippen LogP contribution in [0.4, 0.5) is 31.4 Å². The third-order valence-corrected chi connectivity index (χ3v) is 10.8. The molecule has 4 aromatic rings. The summed E-state index contributed by atoms with van der Waals surface area (Å²) in [6.45, 7) is 5.84. The van der Waals surface area contributed by atoms with Crippen molar-refractivity contribution in [3.8, 4) is 17.2 Å². The molecule has 0 radical (unpaired) electrons. The third-order valence-electron chi connectivity index (χ3n) is 7.44. The van der Waals surface area contributed by atoms with E-state index < -0.39 is 32.4 Å². The van der Waals surface area contributed by atoms with E-state index in [4.69, 9.17) is 42.1 Å². The molecule has 0 unspecified atom stereocenters. The van der Waals surface area contributed by atoms with Gasteiger partial charge < -0.3 is 34.1 Å². The lowest BCUT2D eigenvalue weighted by atomic mass is 10.2. The van der Waals surface area contributed by atoms with Gasteiger partial charge in [0.1, 0.15) is 37.9 Å². The number of thiazole rings is 1. The summed E-state index contributed by atoms with van der Waals surface area (Å²) in [7, 11) is 3.32. The van der Waals surface area contributed by atoms with Gasteiger partial charge in [0.2, 0.25) is 5.13 Å². The highest BCUT2D eigenvalue weighted by Gasteiger charge is 2.32. The average molecular weight is 785 g/mol. The van der Waals surface area contributed by atoms with Gasteiger partial charge in [-0.2, -0.15) is 0 Å². The van der Waals surface area contributed by atoms with Gasteiger partial charge in [-0.25, -0.2) is 26.9 Å². The van der Waals surface area contributed by atoms with E-state index >= 15 is 4.39 Å². The van der Waals surface area contributed by atoms with Crippen molar-refractivity contribution >= 4 is 72.8 Å². The molecule has 0 aliphatic heterocycles. The Balaban J connectivity index is 1.65. The Morgan fingerprint density at radius 3 is 2.22 bits per heavy atom. The number of carbonyl (C=O) groups is 1. The van der Waals surface area contributed by atoms with Gasteiger partial charge in [0.15, 0.2) is 0 Å². The Labute approximate surface area is 311 Å². The van der Waals surface area contributed by atoms with E-state index in [1.165, 1.54) is 32.4 Å². The van der Waals surface area contributed by atoms with Crippen LogP contribution in [-0.4, -0.2) is 78.5 Å². The summed E-state index contributed by atoms with van der Waals surface area (Å²) in [5, 5.41) is 3.07. The first-order valence-corrected chi connectivity index (χ1v) is 18.4. The quantitative estimate of drug-likeness (QED) is 0.134. The van der Waals surface area contributed by atoms with Crippen molar-refractivity contribution in [3.05, 3.63) is 75.5 Å². The number of methoxy groups -OCH3 is 3. The van der Waals surface area contributed by atoms with Crippen molar-refractivity contribution in [3.63, 3.8) is 0 Å². The molecule has 0 spiro atoms. The second-order valence-electron chi connectivity index (χ2n) is 12.2. The third kappa shape index (κ3) is 9.79. The lowest BCUT2D eigenvalue weighted by molar-refractivity contribution is 0.0303. The van der Waals surface area contributed by atoms with Gasteiger partial charge in [-0.05, 0) is 51.1 Å². The minimum atomic E-state index is -4.61. The first-order valence-electron chi connectivity index (χ1n) is 15.4. The Bertz CT molecular complexity index is 1970. The Kier molecular flexibility index (Phi) is 12.8. The summed E-state index contributed by atoms with van der Waals surface area (Å²) in [6.07, 6.45) is 0.849. The molecule has 0 saturated carbocycles. The van der Waals surface area contributed by atoms with Crippen molar-refractivity contribution in [1.82, 2.24) is 9.88 Å². The number of hydrogen-bond donors (Lipinski definition) is 1. The molecule has 0 aliphatic carbocycles. The minimum absolute atomic E-state index is 0.0128. The maximum atomic E-state index is 16.0. The van der Waals surface area contributed by atoms with Gasteiger partial charge in [-0.1, -0.05) is 34.5 Å². The lowest BCUT2D eigenvalue weighted by Crippen LogP contribution is -2.38. The van der Waals surface area contributed by atoms with E-state index in [0.717, 1.165) is 27.8 Å². The Hall–Kier alpha value is -4.18. The fourth-order valence-electron chi connectivity index (χ4n) is 4.75. The first-order chi connectivity index (χ1) is 24.0. The van der Waals surface area contributed by atoms with Crippen LogP contribution in [0.5, 0.6) is 17.2 Å². The number of nitrogens with one attached hydrogen (secondary N) is 1. The molecular weight excluding hydrogens is 744 g/mol. The zero-order valence-electron chi connectivity index (χ0n) is 29.4. The monoisotopic (exact) mass is 783 g/mol. The number of nitrogens with zero attached hydrogens (tertiary/aromatic N) is 4. The molecule has 1 N–H and O–H groups in total. The fourth-order valence-corrected chi connectivity index (χ4v) is 7.61. The number of rotatable bonds is 14. The molecule has 0 bridgehead atoms. The maximum absolute atomic E-state index is 16.0. The maximum Gasteiger partial charge on any atom is 0.410 e. The summed E-state index contributed by atoms with van der Waals surface area (Å²) in [5.74, 6) is 0.353. The molecule has 0 saturated heterocycles. The normalized spacial score (nSPS) is 11.5. The molecule has 0 fully saturated rings. The first kappa shape index (κ1) is 39.6. The van der Waals surface area contributed by atoms with Crippen LogP contribution in [-0.2, 0) is 21.3 Å². The summed E-state index contributed by atoms with van der Waals surface area (Å²) in [5.41, 5.74) is 1.09. The predicted molar refractivity (Wildman–Crippen MR) is 200 cm³/mol. The standard InChI is InChI=1S/C34H40Cl2FN5O7S2/c1-34(2,3)49-33(43)41(5)14-13-40(4)28-15-22(46-6)11-12-26(28)39-27-18-25(37)30(17-24(27)35)51(44,45)42(32-38-19-31(36)50-32)20-21-9-10-23(47-7)16-29(21)48-8/h9-12,15-19,39H,13-14,20H2,1-8H3. The van der Waals surface area contributed by atoms with Gasteiger partial charge in [0, 0.05) is 50.9 Å². The van der Waals surface area contributed by atoms with Crippen LogP contribution in [0, 0.1) is 5.82 Å². The van der Waals surface area contributed by atoms with Gasteiger partial charge >= 0.3 is 6.09 Å². The molecule has 12 nitrogen and oxygen atoms in total. The number of carbonyl (C=O) groups excluding carboxylic acids is 1. The number of sulfonamides is 1. The topological polar surface area (TPSA) is 123 Å². The number of anilines is 4. The van der Waals surface area contributed by atoms with Gasteiger partial charge in [0.05, 0.1) is 56.2 Å². The molecule has 1 amide bonds. The second-order valence-corrected chi connectivity index (χ2v) is 16.1. The second kappa shape index (κ2) is 16.4. The SMILES string of the molecule is COc1ccc(CN(c2ncc(Cl)s2)S(=O)(=O)c2cc(Cl)c(Nc3ccc(OC)cc3N(C)CCN(C)C(=O)OC(C)(C)C)cc2F)c(OC)c1. The van der Waals surface area contributed by atoms with E-state index in [2.05, 4.69) is 10.3 Å². The van der Waals surface area contributed by atoms with Crippen LogP contribution in [0.15, 0.2) is 59.6 Å². The average Bonchev–Trinajstić information content (AvgIpc) is 3.51. The lowest BCUT2D eigenvalue weighted by Gasteiger charge is -2.28. The number of benzene rings is 3. The molecule has 51 heavy (non-hydrogen) atoms. The number of likely N-dealkylation sites (N-methyl/N-ethyl adjacent to an activating group) is 2. The summed E-state index contributed by atoms with van der Waals surface area (Å²) < 4.78 is 67.2. The predicted octanol–water partition coefficient (Wildman–Crippen LogP) is 8.06. The van der Waals surface area contributed by atoms with Crippen LogP contribution >= 0.6 is 34.5 Å². The summed E-state index contributed by atoms with van der Waals surface area (Å²) in [6, 6.07) is 12.2. The van der Waals surface area contributed by atoms with E-state index in [0.29, 0.717) is 47.3 Å². The number of aromatic nitrogens is 1. The smallest absolute Gasteiger partial charge is 0.410 e. The highest BCUT2D eigenvalue weighted by molar-refractivity contribution is 7.93. The Morgan fingerprint density at radius 1 is 0.941 bits per heavy atom. The van der Waals surface area contributed by atoms with Gasteiger partial charge in [0.25, 0.3) is 10.0 Å². The van der Waals surface area contributed by atoms with Crippen LogP contribution in [0.25, 0.3) is 0 Å². The van der Waals surface area contributed by atoms with Crippen molar-refractivity contribution in [2.45, 2.75) is 37.8 Å². The zero-order chi connectivity index (χ0) is 37.7.